The summed E-state index contributed by atoms with van der Waals surface area (Å²) in [5.74, 6) is -1.81. The minimum Gasteiger partial charge on any atom is -0.396 e. The normalized spacial score (nSPS) is 10.4. The molecule has 0 aliphatic rings. The largest absolute Gasteiger partial charge is 0.396 e. The lowest BCUT2D eigenvalue weighted by Gasteiger charge is -2.16. The zero-order chi connectivity index (χ0) is 13.5. The monoisotopic (exact) mass is 257 g/mol. The van der Waals surface area contributed by atoms with Crippen LogP contribution >= 0.6 is 0 Å². The van der Waals surface area contributed by atoms with Crippen molar-refractivity contribution in [3.63, 3.8) is 0 Å². The van der Waals surface area contributed by atoms with Gasteiger partial charge < -0.3 is 10.0 Å². The average Bonchev–Trinajstić information content (AvgIpc) is 2.36. The maximum absolute atomic E-state index is 12.9. The van der Waals surface area contributed by atoms with Crippen LogP contribution in [0.3, 0.4) is 0 Å². The molecule has 0 aromatic heterocycles. The Morgan fingerprint density at radius 2 is 2.06 bits per heavy atom. The first-order valence-corrected chi connectivity index (χ1v) is 5.83. The molecule has 5 heteroatoms. The van der Waals surface area contributed by atoms with Crippen LogP contribution in [0.4, 0.5) is 8.78 Å². The van der Waals surface area contributed by atoms with E-state index >= 15 is 0 Å². The third-order valence-electron chi connectivity index (χ3n) is 2.69. The topological polar surface area (TPSA) is 40.5 Å². The van der Waals surface area contributed by atoms with Gasteiger partial charge in [-0.2, -0.15) is 0 Å². The van der Waals surface area contributed by atoms with Crippen molar-refractivity contribution >= 4 is 5.91 Å². The first-order chi connectivity index (χ1) is 8.54. The van der Waals surface area contributed by atoms with E-state index in [4.69, 9.17) is 5.11 Å². The summed E-state index contributed by atoms with van der Waals surface area (Å²) in [4.78, 5) is 13.0. The molecule has 1 aromatic rings. The van der Waals surface area contributed by atoms with Crippen LogP contribution in [-0.2, 0) is 11.2 Å². The number of rotatable bonds is 6. The van der Waals surface area contributed by atoms with Gasteiger partial charge in [-0.1, -0.05) is 6.07 Å². The smallest absolute Gasteiger partial charge is 0.222 e. The number of halogens is 2. The quantitative estimate of drug-likeness (QED) is 0.843. The van der Waals surface area contributed by atoms with Gasteiger partial charge >= 0.3 is 0 Å². The Morgan fingerprint density at radius 1 is 1.33 bits per heavy atom. The van der Waals surface area contributed by atoms with Gasteiger partial charge in [-0.3, -0.25) is 4.79 Å². The number of nitrogens with zero attached hydrogens (tertiary/aromatic N) is 1. The minimum atomic E-state index is -0.873. The van der Waals surface area contributed by atoms with Crippen LogP contribution in [0.5, 0.6) is 0 Å². The van der Waals surface area contributed by atoms with Gasteiger partial charge in [-0.05, 0) is 30.5 Å². The van der Waals surface area contributed by atoms with E-state index in [9.17, 15) is 13.6 Å². The molecule has 0 bridgehead atoms. The summed E-state index contributed by atoms with van der Waals surface area (Å²) >= 11 is 0. The Morgan fingerprint density at radius 3 is 2.67 bits per heavy atom. The van der Waals surface area contributed by atoms with Gasteiger partial charge in [0.05, 0.1) is 0 Å². The van der Waals surface area contributed by atoms with Gasteiger partial charge in [0.15, 0.2) is 11.6 Å². The van der Waals surface area contributed by atoms with Crippen molar-refractivity contribution in [3.8, 4) is 0 Å². The summed E-state index contributed by atoms with van der Waals surface area (Å²) in [7, 11) is 1.65. The van der Waals surface area contributed by atoms with Gasteiger partial charge in [0, 0.05) is 26.6 Å². The summed E-state index contributed by atoms with van der Waals surface area (Å²) in [6.07, 6.45) is 1.21. The summed E-state index contributed by atoms with van der Waals surface area (Å²) < 4.78 is 25.6. The highest BCUT2D eigenvalue weighted by atomic mass is 19.2. The lowest BCUT2D eigenvalue weighted by Crippen LogP contribution is -2.28. The Labute approximate surface area is 105 Å². The fourth-order valence-electron chi connectivity index (χ4n) is 1.54. The van der Waals surface area contributed by atoms with E-state index in [0.29, 0.717) is 31.4 Å². The van der Waals surface area contributed by atoms with Crippen LogP contribution in [0.1, 0.15) is 18.4 Å². The van der Waals surface area contributed by atoms with Gasteiger partial charge in [0.2, 0.25) is 5.91 Å². The van der Waals surface area contributed by atoms with E-state index < -0.39 is 11.6 Å². The number of hydrogen-bond donors (Lipinski definition) is 1. The summed E-state index contributed by atoms with van der Waals surface area (Å²) in [5, 5.41) is 8.61. The van der Waals surface area contributed by atoms with Crippen molar-refractivity contribution in [1.82, 2.24) is 4.90 Å². The zero-order valence-corrected chi connectivity index (χ0v) is 10.3. The number of amides is 1. The van der Waals surface area contributed by atoms with E-state index in [0.717, 1.165) is 12.1 Å². The standard InChI is InChI=1S/C13H17F2NO2/c1-16(13(18)3-2-8-17)7-6-10-4-5-11(14)12(15)9-10/h4-5,9,17H,2-3,6-8H2,1H3. The van der Waals surface area contributed by atoms with Crippen molar-refractivity contribution in [1.29, 1.82) is 0 Å². The van der Waals surface area contributed by atoms with E-state index in [1.165, 1.54) is 11.0 Å². The number of hydrogen-bond acceptors (Lipinski definition) is 2. The van der Waals surface area contributed by atoms with Gasteiger partial charge in [0.1, 0.15) is 0 Å². The predicted molar refractivity (Wildman–Crippen MR) is 64.0 cm³/mol. The molecule has 100 valence electrons. The average molecular weight is 257 g/mol. The van der Waals surface area contributed by atoms with Crippen LogP contribution < -0.4 is 0 Å². The first kappa shape index (κ1) is 14.6. The van der Waals surface area contributed by atoms with Gasteiger partial charge in [-0.15, -0.1) is 0 Å². The second-order valence-corrected chi connectivity index (χ2v) is 4.14. The SMILES string of the molecule is CN(CCc1ccc(F)c(F)c1)C(=O)CCCO. The number of carbonyl (C=O) groups is 1. The Hall–Kier alpha value is -1.49. The molecule has 3 nitrogen and oxygen atoms in total. The van der Waals surface area contributed by atoms with Crippen molar-refractivity contribution in [2.24, 2.45) is 0 Å². The predicted octanol–water partition coefficient (Wildman–Crippen LogP) is 1.74. The Balaban J connectivity index is 2.44. The molecule has 0 unspecified atom stereocenters. The Bertz CT molecular complexity index is 410. The zero-order valence-electron chi connectivity index (χ0n) is 10.3. The van der Waals surface area contributed by atoms with E-state index in [1.807, 2.05) is 0 Å². The van der Waals surface area contributed by atoms with E-state index in [2.05, 4.69) is 0 Å². The fraction of sp³-hybridized carbons (Fsp3) is 0.462. The molecule has 0 fully saturated rings. The van der Waals surface area contributed by atoms with Crippen LogP contribution in [0.2, 0.25) is 0 Å². The van der Waals surface area contributed by atoms with Gasteiger partial charge in [-0.25, -0.2) is 8.78 Å². The molecule has 0 heterocycles. The molecule has 0 aliphatic carbocycles. The maximum atomic E-state index is 12.9. The van der Waals surface area contributed by atoms with Gasteiger partial charge in [0.25, 0.3) is 0 Å². The third kappa shape index (κ3) is 4.41. The van der Waals surface area contributed by atoms with Crippen LogP contribution in [0.15, 0.2) is 18.2 Å². The summed E-state index contributed by atoms with van der Waals surface area (Å²) in [5.41, 5.74) is 0.649. The van der Waals surface area contributed by atoms with Crippen molar-refractivity contribution < 1.29 is 18.7 Å². The molecular formula is C13H17F2NO2. The van der Waals surface area contributed by atoms with Crippen molar-refractivity contribution in [2.75, 3.05) is 20.2 Å². The molecule has 0 saturated heterocycles. The second kappa shape index (κ2) is 7.06. The molecule has 0 atom stereocenters. The molecule has 0 saturated carbocycles. The number of carbonyl (C=O) groups excluding carboxylic acids is 1. The summed E-state index contributed by atoms with van der Waals surface area (Å²) in [6, 6.07) is 3.73. The van der Waals surface area contributed by atoms with Crippen LogP contribution in [0, 0.1) is 11.6 Å². The van der Waals surface area contributed by atoms with E-state index in [1.54, 1.807) is 7.05 Å². The minimum absolute atomic E-state index is 0.0112. The molecule has 1 N–H and O–H groups in total. The number of aliphatic hydroxyl groups excluding tert-OH is 1. The molecule has 18 heavy (non-hydrogen) atoms. The Kier molecular flexibility index (Phi) is 5.71. The molecule has 0 spiro atoms. The molecule has 0 aliphatic heterocycles. The third-order valence-corrected chi connectivity index (χ3v) is 2.69. The van der Waals surface area contributed by atoms with Crippen molar-refractivity contribution in [2.45, 2.75) is 19.3 Å². The second-order valence-electron chi connectivity index (χ2n) is 4.14. The number of benzene rings is 1. The summed E-state index contributed by atoms with van der Waals surface area (Å²) in [6.45, 7) is 0.429. The number of aliphatic hydroxyl groups is 1. The highest BCUT2D eigenvalue weighted by molar-refractivity contribution is 5.75. The molecule has 1 rings (SSSR count). The molecule has 0 radical (unpaired) electrons. The molecule has 1 aromatic carbocycles. The lowest BCUT2D eigenvalue weighted by atomic mass is 10.1. The lowest BCUT2D eigenvalue weighted by molar-refractivity contribution is -0.130. The number of likely N-dealkylation sites (N-methyl/N-ethyl adjacent to an activating group) is 1. The van der Waals surface area contributed by atoms with Crippen LogP contribution in [-0.4, -0.2) is 36.1 Å². The molecular weight excluding hydrogens is 240 g/mol. The van der Waals surface area contributed by atoms with Crippen molar-refractivity contribution in [3.05, 3.63) is 35.4 Å². The molecule has 1 amide bonds. The highest BCUT2D eigenvalue weighted by Gasteiger charge is 2.09. The highest BCUT2D eigenvalue weighted by Crippen LogP contribution is 2.09. The van der Waals surface area contributed by atoms with E-state index in [-0.39, 0.29) is 12.5 Å². The van der Waals surface area contributed by atoms with Crippen LogP contribution in [0.25, 0.3) is 0 Å². The first-order valence-electron chi connectivity index (χ1n) is 5.83. The fourth-order valence-corrected chi connectivity index (χ4v) is 1.54. The maximum Gasteiger partial charge on any atom is 0.222 e.